The molecule has 7 nitrogen and oxygen atoms in total. The van der Waals surface area contributed by atoms with E-state index in [9.17, 15) is 9.59 Å². The number of methoxy groups -OCH3 is 2. The molecule has 0 saturated heterocycles. The maximum atomic E-state index is 12.3. The second-order valence-corrected chi connectivity index (χ2v) is 7.53. The van der Waals surface area contributed by atoms with Crippen LogP contribution in [0.2, 0.25) is 0 Å². The van der Waals surface area contributed by atoms with Crippen LogP contribution in [0, 0.1) is 0 Å². The van der Waals surface area contributed by atoms with Crippen LogP contribution in [0.5, 0.6) is 17.2 Å². The summed E-state index contributed by atoms with van der Waals surface area (Å²) < 4.78 is 16.5. The molecular weight excluding hydrogens is 490 g/mol. The van der Waals surface area contributed by atoms with Crippen molar-refractivity contribution in [2.45, 2.75) is 0 Å². The van der Waals surface area contributed by atoms with Crippen LogP contribution in [0.1, 0.15) is 21.5 Å². The number of aliphatic imine (C=N–C) groups is 1. The van der Waals surface area contributed by atoms with Gasteiger partial charge in [-0.3, -0.25) is 4.99 Å². The fourth-order valence-corrected chi connectivity index (χ4v) is 3.31. The van der Waals surface area contributed by atoms with Gasteiger partial charge in [-0.25, -0.2) is 9.59 Å². The van der Waals surface area contributed by atoms with Gasteiger partial charge in [0.25, 0.3) is 0 Å². The minimum absolute atomic E-state index is 0.186. The van der Waals surface area contributed by atoms with Crippen LogP contribution in [0.15, 0.2) is 76.2 Å². The Bertz CT molecular complexity index is 1200. The van der Waals surface area contributed by atoms with Gasteiger partial charge in [0.2, 0.25) is 0 Å². The number of aromatic carboxylic acids is 1. The Hall–Kier alpha value is -3.91. The molecule has 0 amide bonds. The first kappa shape index (κ1) is 23.7. The Morgan fingerprint density at radius 3 is 2.24 bits per heavy atom. The third-order valence-electron chi connectivity index (χ3n) is 4.46. The molecule has 0 aliphatic heterocycles. The molecule has 0 bridgehead atoms. The van der Waals surface area contributed by atoms with Gasteiger partial charge < -0.3 is 19.3 Å². The largest absolute Gasteiger partial charge is 0.497 e. The van der Waals surface area contributed by atoms with Crippen LogP contribution >= 0.6 is 15.9 Å². The Labute approximate surface area is 199 Å². The summed E-state index contributed by atoms with van der Waals surface area (Å²) in [5.74, 6) is -0.250. The summed E-state index contributed by atoms with van der Waals surface area (Å²) in [4.78, 5) is 27.6. The first-order valence-corrected chi connectivity index (χ1v) is 10.5. The molecule has 3 aromatic carbocycles. The number of rotatable bonds is 8. The van der Waals surface area contributed by atoms with Crippen LogP contribution in [0.25, 0.3) is 6.08 Å². The predicted molar refractivity (Wildman–Crippen MR) is 129 cm³/mol. The van der Waals surface area contributed by atoms with Crippen molar-refractivity contribution in [3.8, 4) is 17.2 Å². The standard InChI is InChI=1S/C25H20BrNO6/c1-31-20-10-3-16(4-11-20)5-12-23(28)33-24-21(26)13-17(14-22(24)32-2)15-27-19-8-6-18(7-9-19)25(29)30/h3-15H,1-2H3,(H,29,30)/b12-5+,27-15?. The van der Waals surface area contributed by atoms with E-state index in [4.69, 9.17) is 19.3 Å². The quantitative estimate of drug-likeness (QED) is 0.185. The maximum Gasteiger partial charge on any atom is 0.336 e. The summed E-state index contributed by atoms with van der Waals surface area (Å²) in [5.41, 5.74) is 2.29. The molecule has 0 aliphatic rings. The first-order valence-electron chi connectivity index (χ1n) is 9.68. The molecule has 1 N–H and O–H groups in total. The van der Waals surface area contributed by atoms with E-state index in [2.05, 4.69) is 20.9 Å². The second kappa shape index (κ2) is 11.1. The molecule has 0 radical (unpaired) electrons. The highest BCUT2D eigenvalue weighted by Gasteiger charge is 2.14. The van der Waals surface area contributed by atoms with Gasteiger partial charge in [-0.1, -0.05) is 12.1 Å². The zero-order valence-corrected chi connectivity index (χ0v) is 19.4. The van der Waals surface area contributed by atoms with E-state index in [-0.39, 0.29) is 11.3 Å². The third-order valence-corrected chi connectivity index (χ3v) is 5.05. The molecule has 8 heteroatoms. The van der Waals surface area contributed by atoms with E-state index in [0.717, 1.165) is 11.3 Å². The molecule has 3 aromatic rings. The lowest BCUT2D eigenvalue weighted by atomic mass is 10.2. The normalized spacial score (nSPS) is 11.0. The van der Waals surface area contributed by atoms with Crippen LogP contribution in [-0.2, 0) is 4.79 Å². The zero-order valence-electron chi connectivity index (χ0n) is 17.8. The van der Waals surface area contributed by atoms with E-state index < -0.39 is 11.9 Å². The number of carboxylic acids is 1. The first-order chi connectivity index (χ1) is 15.9. The Morgan fingerprint density at radius 2 is 1.64 bits per heavy atom. The van der Waals surface area contributed by atoms with Gasteiger partial charge in [-0.15, -0.1) is 0 Å². The highest BCUT2D eigenvalue weighted by atomic mass is 79.9. The Balaban J connectivity index is 1.73. The molecule has 0 heterocycles. The van der Waals surface area contributed by atoms with Gasteiger partial charge >= 0.3 is 11.9 Å². The van der Waals surface area contributed by atoms with Crippen molar-refractivity contribution in [2.24, 2.45) is 4.99 Å². The highest BCUT2D eigenvalue weighted by molar-refractivity contribution is 9.10. The minimum atomic E-state index is -0.997. The topological polar surface area (TPSA) is 94.4 Å². The van der Waals surface area contributed by atoms with Crippen LogP contribution in [-0.4, -0.2) is 37.5 Å². The Kier molecular flexibility index (Phi) is 7.99. The monoisotopic (exact) mass is 509 g/mol. The molecule has 0 saturated carbocycles. The molecule has 0 atom stereocenters. The number of halogens is 1. The van der Waals surface area contributed by atoms with Crippen molar-refractivity contribution >= 4 is 45.8 Å². The minimum Gasteiger partial charge on any atom is -0.497 e. The smallest absolute Gasteiger partial charge is 0.336 e. The number of carboxylic acid groups (broad SMARTS) is 1. The average molecular weight is 510 g/mol. The fraction of sp³-hybridized carbons (Fsp3) is 0.0800. The van der Waals surface area contributed by atoms with Gasteiger partial charge in [0, 0.05) is 12.3 Å². The van der Waals surface area contributed by atoms with Crippen molar-refractivity contribution in [2.75, 3.05) is 14.2 Å². The van der Waals surface area contributed by atoms with Crippen LogP contribution < -0.4 is 14.2 Å². The van der Waals surface area contributed by atoms with Gasteiger partial charge in [-0.05, 0) is 81.7 Å². The van der Waals surface area contributed by atoms with Crippen molar-refractivity contribution < 1.29 is 28.9 Å². The van der Waals surface area contributed by atoms with E-state index in [1.165, 1.54) is 25.3 Å². The maximum absolute atomic E-state index is 12.3. The number of carbonyl (C=O) groups excluding carboxylic acids is 1. The SMILES string of the molecule is COc1ccc(/C=C/C(=O)Oc2c(Br)cc(C=Nc3ccc(C(=O)O)cc3)cc2OC)cc1. The summed E-state index contributed by atoms with van der Waals surface area (Å²) in [6, 6.07) is 16.8. The lowest BCUT2D eigenvalue weighted by Gasteiger charge is -2.11. The molecule has 0 fully saturated rings. The zero-order chi connectivity index (χ0) is 23.8. The number of hydrogen-bond donors (Lipinski definition) is 1. The van der Waals surface area contributed by atoms with Gasteiger partial charge in [0.1, 0.15) is 5.75 Å². The summed E-state index contributed by atoms with van der Waals surface area (Å²) in [7, 11) is 3.06. The number of esters is 1. The van der Waals surface area contributed by atoms with Gasteiger partial charge in [0.15, 0.2) is 11.5 Å². The molecule has 0 aliphatic carbocycles. The molecule has 0 unspecified atom stereocenters. The lowest BCUT2D eigenvalue weighted by molar-refractivity contribution is -0.129. The molecule has 0 aromatic heterocycles. The summed E-state index contributed by atoms with van der Waals surface area (Å²) in [6.45, 7) is 0. The van der Waals surface area contributed by atoms with Crippen molar-refractivity contribution in [1.29, 1.82) is 0 Å². The second-order valence-electron chi connectivity index (χ2n) is 6.67. The number of hydrogen-bond acceptors (Lipinski definition) is 6. The fourth-order valence-electron chi connectivity index (χ4n) is 2.77. The van der Waals surface area contributed by atoms with Gasteiger partial charge in [0.05, 0.1) is 29.9 Å². The van der Waals surface area contributed by atoms with E-state index >= 15 is 0 Å². The van der Waals surface area contributed by atoms with Crippen molar-refractivity contribution in [3.05, 3.63) is 87.9 Å². The number of carbonyl (C=O) groups is 2. The van der Waals surface area contributed by atoms with E-state index in [1.807, 2.05) is 12.1 Å². The molecule has 0 spiro atoms. The molecule has 3 rings (SSSR count). The van der Waals surface area contributed by atoms with Gasteiger partial charge in [-0.2, -0.15) is 0 Å². The van der Waals surface area contributed by atoms with Crippen LogP contribution in [0.4, 0.5) is 5.69 Å². The predicted octanol–water partition coefficient (Wildman–Crippen LogP) is 5.53. The number of nitrogens with zero attached hydrogens (tertiary/aromatic N) is 1. The van der Waals surface area contributed by atoms with Crippen molar-refractivity contribution in [1.82, 2.24) is 0 Å². The summed E-state index contributed by atoms with van der Waals surface area (Å²) >= 11 is 3.41. The van der Waals surface area contributed by atoms with E-state index in [0.29, 0.717) is 21.5 Å². The number of benzene rings is 3. The summed E-state index contributed by atoms with van der Waals surface area (Å²) in [6.07, 6.45) is 4.56. The average Bonchev–Trinajstić information content (AvgIpc) is 2.83. The molecule has 168 valence electrons. The number of ether oxygens (including phenoxy) is 3. The Morgan fingerprint density at radius 1 is 0.939 bits per heavy atom. The molecular formula is C25H20BrNO6. The molecule has 33 heavy (non-hydrogen) atoms. The third kappa shape index (κ3) is 6.54. The van der Waals surface area contributed by atoms with Crippen LogP contribution in [0.3, 0.4) is 0 Å². The van der Waals surface area contributed by atoms with Crippen molar-refractivity contribution in [3.63, 3.8) is 0 Å². The highest BCUT2D eigenvalue weighted by Crippen LogP contribution is 2.36. The summed E-state index contributed by atoms with van der Waals surface area (Å²) in [5, 5.41) is 8.97. The van der Waals surface area contributed by atoms with E-state index in [1.54, 1.807) is 55.8 Å². The lowest BCUT2D eigenvalue weighted by Crippen LogP contribution is -2.06.